The molecular weight excluding hydrogens is 348 g/mol. The van der Waals surface area contributed by atoms with E-state index >= 15 is 0 Å². The summed E-state index contributed by atoms with van der Waals surface area (Å²) in [6, 6.07) is 23.4. The molecular formula is C24H20N2S. The van der Waals surface area contributed by atoms with E-state index in [1.54, 1.807) is 11.3 Å². The summed E-state index contributed by atoms with van der Waals surface area (Å²) in [5, 5.41) is 3.66. The van der Waals surface area contributed by atoms with Crippen LogP contribution in [0.3, 0.4) is 0 Å². The Morgan fingerprint density at radius 2 is 1.52 bits per heavy atom. The van der Waals surface area contributed by atoms with E-state index in [1.807, 2.05) is 0 Å². The average Bonchev–Trinajstić information content (AvgIpc) is 3.04. The zero-order chi connectivity index (χ0) is 18.6. The van der Waals surface area contributed by atoms with Gasteiger partial charge < -0.3 is 0 Å². The molecule has 0 bridgehead atoms. The van der Waals surface area contributed by atoms with Gasteiger partial charge in [-0.25, -0.2) is 9.97 Å². The SMILES string of the molecule is CC(C)(C)c1nc(-c2ccc3ccccc3c2)nc2c1sc1ccccc12. The Hall–Kier alpha value is -2.78. The van der Waals surface area contributed by atoms with Crippen molar-refractivity contribution in [1.82, 2.24) is 9.97 Å². The van der Waals surface area contributed by atoms with Crippen molar-refractivity contribution in [2.45, 2.75) is 26.2 Å². The average molecular weight is 369 g/mol. The zero-order valence-electron chi connectivity index (χ0n) is 15.7. The third kappa shape index (κ3) is 2.70. The molecule has 2 nitrogen and oxygen atoms in total. The Labute approximate surface area is 162 Å². The van der Waals surface area contributed by atoms with Crippen LogP contribution in [-0.2, 0) is 5.41 Å². The van der Waals surface area contributed by atoms with E-state index in [0.717, 1.165) is 22.6 Å². The Morgan fingerprint density at radius 1 is 0.778 bits per heavy atom. The Bertz CT molecular complexity index is 1310. The van der Waals surface area contributed by atoms with Gasteiger partial charge in [0.2, 0.25) is 0 Å². The maximum Gasteiger partial charge on any atom is 0.160 e. The van der Waals surface area contributed by atoms with Crippen molar-refractivity contribution in [3.05, 3.63) is 72.4 Å². The molecule has 0 saturated carbocycles. The molecule has 0 saturated heterocycles. The van der Waals surface area contributed by atoms with Gasteiger partial charge in [-0.2, -0.15) is 0 Å². The highest BCUT2D eigenvalue weighted by Gasteiger charge is 2.23. The van der Waals surface area contributed by atoms with Crippen LogP contribution in [0.5, 0.6) is 0 Å². The summed E-state index contributed by atoms with van der Waals surface area (Å²) < 4.78 is 2.47. The Morgan fingerprint density at radius 3 is 2.33 bits per heavy atom. The van der Waals surface area contributed by atoms with Gasteiger partial charge in [-0.05, 0) is 22.9 Å². The number of rotatable bonds is 1. The first-order valence-corrected chi connectivity index (χ1v) is 10.0. The van der Waals surface area contributed by atoms with E-state index in [-0.39, 0.29) is 5.41 Å². The summed E-state index contributed by atoms with van der Waals surface area (Å²) >= 11 is 1.80. The summed E-state index contributed by atoms with van der Waals surface area (Å²) in [5.41, 5.74) is 3.21. The van der Waals surface area contributed by atoms with Crippen LogP contribution in [0.4, 0.5) is 0 Å². The minimum absolute atomic E-state index is 0.0480. The van der Waals surface area contributed by atoms with Crippen LogP contribution in [0.15, 0.2) is 66.7 Å². The van der Waals surface area contributed by atoms with Gasteiger partial charge in [-0.15, -0.1) is 11.3 Å². The highest BCUT2D eigenvalue weighted by Crippen LogP contribution is 2.39. The molecule has 0 N–H and O–H groups in total. The van der Waals surface area contributed by atoms with Gasteiger partial charge in [0.05, 0.1) is 15.9 Å². The molecule has 0 aliphatic carbocycles. The van der Waals surface area contributed by atoms with Crippen LogP contribution in [0.25, 0.3) is 42.5 Å². The molecule has 3 heteroatoms. The molecule has 0 atom stereocenters. The van der Waals surface area contributed by atoms with Gasteiger partial charge in [-0.3, -0.25) is 0 Å². The fourth-order valence-electron chi connectivity index (χ4n) is 3.56. The first-order valence-electron chi connectivity index (χ1n) is 9.20. The van der Waals surface area contributed by atoms with E-state index in [4.69, 9.17) is 9.97 Å². The van der Waals surface area contributed by atoms with E-state index < -0.39 is 0 Å². The van der Waals surface area contributed by atoms with E-state index in [2.05, 4.69) is 87.5 Å². The first kappa shape index (κ1) is 16.4. The summed E-state index contributed by atoms with van der Waals surface area (Å²) in [5.74, 6) is 0.807. The molecule has 0 spiro atoms. The van der Waals surface area contributed by atoms with Crippen molar-refractivity contribution >= 4 is 42.4 Å². The van der Waals surface area contributed by atoms with E-state index in [9.17, 15) is 0 Å². The van der Waals surface area contributed by atoms with Crippen LogP contribution in [0.2, 0.25) is 0 Å². The molecule has 5 rings (SSSR count). The van der Waals surface area contributed by atoms with Gasteiger partial charge in [0.25, 0.3) is 0 Å². The lowest BCUT2D eigenvalue weighted by atomic mass is 9.91. The molecule has 132 valence electrons. The van der Waals surface area contributed by atoms with Gasteiger partial charge in [-0.1, -0.05) is 75.4 Å². The molecule has 0 radical (unpaired) electrons. The summed E-state index contributed by atoms with van der Waals surface area (Å²) in [6.07, 6.45) is 0. The van der Waals surface area contributed by atoms with Crippen LogP contribution < -0.4 is 0 Å². The molecule has 27 heavy (non-hydrogen) atoms. The number of nitrogens with zero attached hydrogens (tertiary/aromatic N) is 2. The third-order valence-corrected chi connectivity index (χ3v) is 6.10. The molecule has 0 aliphatic rings. The molecule has 0 unspecified atom stereocenters. The molecule has 3 aromatic carbocycles. The highest BCUT2D eigenvalue weighted by atomic mass is 32.1. The number of hydrogen-bond acceptors (Lipinski definition) is 3. The van der Waals surface area contributed by atoms with Crippen LogP contribution in [0, 0.1) is 0 Å². The smallest absolute Gasteiger partial charge is 0.160 e. The second-order valence-corrected chi connectivity index (χ2v) is 9.04. The summed E-state index contributed by atoms with van der Waals surface area (Å²) in [6.45, 7) is 6.68. The lowest BCUT2D eigenvalue weighted by Crippen LogP contribution is -2.14. The number of hydrogen-bond donors (Lipinski definition) is 0. The maximum absolute atomic E-state index is 5.04. The minimum atomic E-state index is -0.0480. The lowest BCUT2D eigenvalue weighted by Gasteiger charge is -2.19. The van der Waals surface area contributed by atoms with Crippen molar-refractivity contribution in [2.24, 2.45) is 0 Å². The van der Waals surface area contributed by atoms with Crippen molar-refractivity contribution in [3.63, 3.8) is 0 Å². The Balaban J connectivity index is 1.84. The summed E-state index contributed by atoms with van der Waals surface area (Å²) in [7, 11) is 0. The van der Waals surface area contributed by atoms with Gasteiger partial charge in [0.1, 0.15) is 0 Å². The molecule has 2 aromatic heterocycles. The molecule has 0 aliphatic heterocycles. The second-order valence-electron chi connectivity index (χ2n) is 7.98. The fourth-order valence-corrected chi connectivity index (χ4v) is 4.90. The Kier molecular flexibility index (Phi) is 3.56. The van der Waals surface area contributed by atoms with Crippen molar-refractivity contribution in [2.75, 3.05) is 0 Å². The minimum Gasteiger partial charge on any atom is -0.231 e. The van der Waals surface area contributed by atoms with Crippen LogP contribution in [0.1, 0.15) is 26.5 Å². The number of benzene rings is 3. The van der Waals surface area contributed by atoms with Gasteiger partial charge >= 0.3 is 0 Å². The molecule has 5 aromatic rings. The third-order valence-electron chi connectivity index (χ3n) is 4.94. The van der Waals surface area contributed by atoms with Crippen molar-refractivity contribution < 1.29 is 0 Å². The van der Waals surface area contributed by atoms with E-state index in [0.29, 0.717) is 0 Å². The number of fused-ring (bicyclic) bond motifs is 4. The topological polar surface area (TPSA) is 25.8 Å². The van der Waals surface area contributed by atoms with Crippen LogP contribution in [-0.4, -0.2) is 9.97 Å². The number of aromatic nitrogens is 2. The predicted molar refractivity (Wildman–Crippen MR) is 117 cm³/mol. The zero-order valence-corrected chi connectivity index (χ0v) is 16.5. The largest absolute Gasteiger partial charge is 0.231 e. The van der Waals surface area contributed by atoms with E-state index in [1.165, 1.54) is 25.6 Å². The van der Waals surface area contributed by atoms with Gasteiger partial charge in [0, 0.05) is 21.1 Å². The van der Waals surface area contributed by atoms with Crippen molar-refractivity contribution in [3.8, 4) is 11.4 Å². The standard InChI is InChI=1S/C24H20N2S/c1-24(2,3)22-21-20(18-10-6-7-11-19(18)27-21)25-23(26-22)17-13-12-15-8-4-5-9-16(15)14-17/h4-14H,1-3H3. The normalized spacial score (nSPS) is 12.3. The predicted octanol–water partition coefficient (Wildman–Crippen LogP) is 6.96. The van der Waals surface area contributed by atoms with Crippen LogP contribution >= 0.6 is 11.3 Å². The maximum atomic E-state index is 5.04. The quantitative estimate of drug-likeness (QED) is 0.319. The molecule has 0 amide bonds. The first-order chi connectivity index (χ1) is 13.0. The monoisotopic (exact) mass is 368 g/mol. The number of thiophene rings is 1. The fraction of sp³-hybridized carbons (Fsp3) is 0.167. The van der Waals surface area contributed by atoms with Crippen molar-refractivity contribution in [1.29, 1.82) is 0 Å². The second kappa shape index (κ2) is 5.86. The molecule has 2 heterocycles. The highest BCUT2D eigenvalue weighted by molar-refractivity contribution is 7.25. The summed E-state index contributed by atoms with van der Waals surface area (Å²) in [4.78, 5) is 10.1. The molecule has 0 fully saturated rings. The lowest BCUT2D eigenvalue weighted by molar-refractivity contribution is 0.576. The van der Waals surface area contributed by atoms with Gasteiger partial charge in [0.15, 0.2) is 5.82 Å².